The van der Waals surface area contributed by atoms with Crippen molar-refractivity contribution in [1.29, 1.82) is 0 Å². The minimum atomic E-state index is -0.559. The van der Waals surface area contributed by atoms with Gasteiger partial charge in [0.1, 0.15) is 11.5 Å². The quantitative estimate of drug-likeness (QED) is 0.279. The Morgan fingerprint density at radius 1 is 1.06 bits per heavy atom. The molecule has 1 amide bonds. The number of fused-ring (bicyclic) bond motifs is 2. The van der Waals surface area contributed by atoms with Crippen molar-refractivity contribution < 1.29 is 18.7 Å². The Bertz CT molecular complexity index is 1390. The fourth-order valence-electron chi connectivity index (χ4n) is 4.04. The maximum absolute atomic E-state index is 12.9. The number of rotatable bonds is 4. The standard InChI is InChI=1S/C26H21N3O4/c1-16-23-21(28-29-25(30)19-8-5-13-27-15-19)9-4-10-22(23)33-24(16)26(31)32-20-12-11-17-6-2-3-7-18(17)14-20/h2-3,5-8,11-15H,4,9-10H2,1H3,(H,29,30)/b28-21+. The van der Waals surface area contributed by atoms with Gasteiger partial charge in [0.15, 0.2) is 0 Å². The van der Waals surface area contributed by atoms with Crippen molar-refractivity contribution in [1.82, 2.24) is 10.4 Å². The van der Waals surface area contributed by atoms with Gasteiger partial charge >= 0.3 is 5.97 Å². The molecule has 164 valence electrons. The van der Waals surface area contributed by atoms with Crippen LogP contribution in [0.15, 0.2) is 76.5 Å². The van der Waals surface area contributed by atoms with Crippen LogP contribution in [0.4, 0.5) is 0 Å². The number of carbonyl (C=O) groups is 2. The number of benzene rings is 2. The van der Waals surface area contributed by atoms with Crippen molar-refractivity contribution in [2.24, 2.45) is 5.10 Å². The first-order chi connectivity index (χ1) is 16.1. The summed E-state index contributed by atoms with van der Waals surface area (Å²) in [5.74, 6) is 0.376. The largest absolute Gasteiger partial charge is 0.453 e. The average Bonchev–Trinajstić information content (AvgIpc) is 3.20. The molecule has 7 nitrogen and oxygen atoms in total. The smallest absolute Gasteiger partial charge is 0.379 e. The molecule has 2 aromatic carbocycles. The van der Waals surface area contributed by atoms with E-state index in [0.29, 0.717) is 41.2 Å². The molecular formula is C26H21N3O4. The SMILES string of the molecule is Cc1c(C(=O)Oc2ccc3ccccc3c2)oc2c1/C(=N/NC(=O)c1cccnc1)CCC2. The number of carbonyl (C=O) groups excluding carboxylic acids is 2. The Labute approximate surface area is 190 Å². The molecule has 0 unspecified atom stereocenters. The molecule has 1 aliphatic carbocycles. The molecule has 7 heteroatoms. The second kappa shape index (κ2) is 8.70. The van der Waals surface area contributed by atoms with Crippen LogP contribution in [0, 0.1) is 6.92 Å². The van der Waals surface area contributed by atoms with Gasteiger partial charge in [-0.2, -0.15) is 5.10 Å². The van der Waals surface area contributed by atoms with Crippen molar-refractivity contribution in [3.8, 4) is 5.75 Å². The fourth-order valence-corrected chi connectivity index (χ4v) is 4.04. The summed E-state index contributed by atoms with van der Waals surface area (Å²) < 4.78 is 11.5. The van der Waals surface area contributed by atoms with Crippen molar-refractivity contribution in [3.05, 3.63) is 95.2 Å². The Morgan fingerprint density at radius 3 is 2.73 bits per heavy atom. The second-order valence-electron chi connectivity index (χ2n) is 7.85. The lowest BCUT2D eigenvalue weighted by molar-refractivity contribution is 0.0698. The zero-order valence-electron chi connectivity index (χ0n) is 18.0. The van der Waals surface area contributed by atoms with E-state index in [-0.39, 0.29) is 11.7 Å². The fraction of sp³-hybridized carbons (Fsp3) is 0.154. The predicted molar refractivity (Wildman–Crippen MR) is 124 cm³/mol. The lowest BCUT2D eigenvalue weighted by Gasteiger charge is -2.13. The third kappa shape index (κ3) is 4.13. The molecule has 0 fully saturated rings. The summed E-state index contributed by atoms with van der Waals surface area (Å²) in [6.07, 6.45) is 5.24. The number of aromatic nitrogens is 1. The maximum Gasteiger partial charge on any atom is 0.379 e. The number of hydrazone groups is 1. The number of amides is 1. The first-order valence-electron chi connectivity index (χ1n) is 10.7. The highest BCUT2D eigenvalue weighted by Crippen LogP contribution is 2.31. The minimum absolute atomic E-state index is 0.154. The molecule has 0 saturated heterocycles. The third-order valence-electron chi connectivity index (χ3n) is 5.66. The summed E-state index contributed by atoms with van der Waals surface area (Å²) in [6.45, 7) is 1.81. The van der Waals surface area contributed by atoms with Gasteiger partial charge in [0.05, 0.1) is 11.3 Å². The Hall–Kier alpha value is -4.26. The summed E-state index contributed by atoms with van der Waals surface area (Å²) in [6, 6.07) is 16.7. The van der Waals surface area contributed by atoms with Crippen molar-refractivity contribution in [2.45, 2.75) is 26.2 Å². The first kappa shape index (κ1) is 20.6. The molecule has 5 rings (SSSR count). The monoisotopic (exact) mass is 439 g/mol. The van der Waals surface area contributed by atoms with Gasteiger partial charge in [0.25, 0.3) is 5.91 Å². The zero-order chi connectivity index (χ0) is 22.8. The number of pyridine rings is 1. The van der Waals surface area contributed by atoms with Crippen molar-refractivity contribution >= 4 is 28.4 Å². The summed E-state index contributed by atoms with van der Waals surface area (Å²) in [4.78, 5) is 29.2. The molecule has 0 saturated carbocycles. The molecule has 2 aromatic heterocycles. The molecule has 1 aliphatic rings. The van der Waals surface area contributed by atoms with Crippen LogP contribution in [-0.4, -0.2) is 22.6 Å². The van der Waals surface area contributed by atoms with E-state index in [2.05, 4.69) is 15.5 Å². The van der Waals surface area contributed by atoms with E-state index in [9.17, 15) is 9.59 Å². The number of ether oxygens (including phenoxy) is 1. The van der Waals surface area contributed by atoms with Gasteiger partial charge in [0.2, 0.25) is 5.76 Å². The van der Waals surface area contributed by atoms with Crippen LogP contribution in [0.3, 0.4) is 0 Å². The van der Waals surface area contributed by atoms with Gasteiger partial charge in [-0.05, 0) is 54.8 Å². The molecule has 0 bridgehead atoms. The van der Waals surface area contributed by atoms with Crippen LogP contribution in [0.2, 0.25) is 0 Å². The molecule has 4 aromatic rings. The lowest BCUT2D eigenvalue weighted by atomic mass is 9.93. The van der Waals surface area contributed by atoms with Crippen molar-refractivity contribution in [3.63, 3.8) is 0 Å². The van der Waals surface area contributed by atoms with E-state index in [1.54, 1.807) is 24.4 Å². The zero-order valence-corrected chi connectivity index (χ0v) is 18.0. The topological polar surface area (TPSA) is 93.8 Å². The molecule has 0 spiro atoms. The first-order valence-corrected chi connectivity index (χ1v) is 10.7. The number of esters is 1. The molecule has 1 N–H and O–H groups in total. The molecule has 2 heterocycles. The van der Waals surface area contributed by atoms with Crippen LogP contribution in [-0.2, 0) is 6.42 Å². The molecule has 33 heavy (non-hydrogen) atoms. The number of nitrogens with zero attached hydrogens (tertiary/aromatic N) is 2. The molecule has 0 radical (unpaired) electrons. The molecule has 0 aliphatic heterocycles. The Balaban J connectivity index is 1.38. The van der Waals surface area contributed by atoms with Gasteiger partial charge in [-0.25, -0.2) is 10.2 Å². The number of furan rings is 1. The number of aryl methyl sites for hydroxylation is 1. The van der Waals surface area contributed by atoms with E-state index in [1.807, 2.05) is 43.3 Å². The van der Waals surface area contributed by atoms with Gasteiger partial charge in [0, 0.05) is 29.9 Å². The summed E-state index contributed by atoms with van der Waals surface area (Å²) in [5, 5.41) is 6.38. The lowest BCUT2D eigenvalue weighted by Crippen LogP contribution is -2.22. The highest BCUT2D eigenvalue weighted by molar-refractivity contribution is 6.06. The van der Waals surface area contributed by atoms with E-state index in [1.165, 1.54) is 6.20 Å². The maximum atomic E-state index is 12.9. The Kier molecular flexibility index (Phi) is 5.44. The Morgan fingerprint density at radius 2 is 1.91 bits per heavy atom. The summed E-state index contributed by atoms with van der Waals surface area (Å²) in [7, 11) is 0. The van der Waals surface area contributed by atoms with Crippen LogP contribution in [0.5, 0.6) is 5.75 Å². The normalized spacial score (nSPS) is 14.2. The summed E-state index contributed by atoms with van der Waals surface area (Å²) in [5.41, 5.74) is 5.10. The van der Waals surface area contributed by atoms with E-state index >= 15 is 0 Å². The van der Waals surface area contributed by atoms with Crippen LogP contribution < -0.4 is 10.2 Å². The average molecular weight is 439 g/mol. The predicted octanol–water partition coefficient (Wildman–Crippen LogP) is 4.83. The van der Waals surface area contributed by atoms with Crippen LogP contribution in [0.25, 0.3) is 10.8 Å². The van der Waals surface area contributed by atoms with E-state index in [0.717, 1.165) is 22.8 Å². The van der Waals surface area contributed by atoms with Gasteiger partial charge < -0.3 is 9.15 Å². The number of hydrogen-bond donors (Lipinski definition) is 1. The molecular weight excluding hydrogens is 418 g/mol. The second-order valence-corrected chi connectivity index (χ2v) is 7.85. The van der Waals surface area contributed by atoms with Crippen molar-refractivity contribution in [2.75, 3.05) is 0 Å². The van der Waals surface area contributed by atoms with Gasteiger partial charge in [-0.15, -0.1) is 0 Å². The van der Waals surface area contributed by atoms with Crippen LogP contribution >= 0.6 is 0 Å². The van der Waals surface area contributed by atoms with Gasteiger partial charge in [-0.3, -0.25) is 9.78 Å². The van der Waals surface area contributed by atoms with E-state index in [4.69, 9.17) is 9.15 Å². The highest BCUT2D eigenvalue weighted by Gasteiger charge is 2.29. The third-order valence-corrected chi connectivity index (χ3v) is 5.66. The van der Waals surface area contributed by atoms with E-state index < -0.39 is 5.97 Å². The number of nitrogens with one attached hydrogen (secondary N) is 1. The highest BCUT2D eigenvalue weighted by atomic mass is 16.5. The molecule has 0 atom stereocenters. The minimum Gasteiger partial charge on any atom is -0.453 e. The van der Waals surface area contributed by atoms with Crippen LogP contribution in [0.1, 0.15) is 50.6 Å². The van der Waals surface area contributed by atoms with Gasteiger partial charge in [-0.1, -0.05) is 30.3 Å². The number of hydrogen-bond acceptors (Lipinski definition) is 6. The summed E-state index contributed by atoms with van der Waals surface area (Å²) >= 11 is 0.